The molecule has 2 aromatic heterocycles. The molecule has 4 rings (SSSR count). The topological polar surface area (TPSA) is 50.5 Å². The maximum atomic E-state index is 12.5. The van der Waals surface area contributed by atoms with Crippen LogP contribution in [0, 0.1) is 0 Å². The lowest BCUT2D eigenvalue weighted by Crippen LogP contribution is -3.13. The molecule has 122 valence electrons. The Morgan fingerprint density at radius 1 is 1.12 bits per heavy atom. The number of nitrogens with one attached hydrogen (secondary N) is 1. The van der Waals surface area contributed by atoms with E-state index in [2.05, 4.69) is 23.2 Å². The van der Waals surface area contributed by atoms with Crippen LogP contribution in [0.1, 0.15) is 15.4 Å². The Hall–Kier alpha value is -2.31. The van der Waals surface area contributed by atoms with Crippen LogP contribution in [-0.4, -0.2) is 47.0 Å². The van der Waals surface area contributed by atoms with Gasteiger partial charge in [0.05, 0.1) is 36.4 Å². The van der Waals surface area contributed by atoms with Gasteiger partial charge >= 0.3 is 0 Å². The highest BCUT2D eigenvalue weighted by Gasteiger charge is 2.25. The number of hydrogen-bond donors (Lipinski definition) is 1. The van der Waals surface area contributed by atoms with Crippen molar-refractivity contribution in [1.82, 2.24) is 14.9 Å². The molecule has 6 heteroatoms. The van der Waals surface area contributed by atoms with Gasteiger partial charge in [-0.15, -0.1) is 11.3 Å². The van der Waals surface area contributed by atoms with Crippen molar-refractivity contribution in [3.8, 4) is 0 Å². The standard InChI is InChI=1S/C18H18N4OS/c23-18(14-5-7-19-8-6-14)22-11-9-21(10-12-22)13-17-20-15-3-1-2-4-16(15)24-17/h1-8H,9-13H2/p+1. The fourth-order valence-electron chi connectivity index (χ4n) is 3.09. The average Bonchev–Trinajstić information content (AvgIpc) is 3.05. The zero-order valence-corrected chi connectivity index (χ0v) is 14.1. The molecule has 1 aliphatic heterocycles. The van der Waals surface area contributed by atoms with E-state index >= 15 is 0 Å². The molecule has 0 spiro atoms. The van der Waals surface area contributed by atoms with Gasteiger partial charge in [-0.1, -0.05) is 12.1 Å². The lowest BCUT2D eigenvalue weighted by atomic mass is 10.2. The molecule has 5 nitrogen and oxygen atoms in total. The molecule has 1 amide bonds. The Kier molecular flexibility index (Phi) is 4.23. The Bertz CT molecular complexity index is 807. The molecule has 3 aromatic rings. The van der Waals surface area contributed by atoms with Crippen molar-refractivity contribution >= 4 is 27.5 Å². The molecule has 0 radical (unpaired) electrons. The zero-order valence-electron chi connectivity index (χ0n) is 13.3. The van der Waals surface area contributed by atoms with Crippen LogP contribution in [0.3, 0.4) is 0 Å². The number of benzene rings is 1. The maximum Gasteiger partial charge on any atom is 0.254 e. The summed E-state index contributed by atoms with van der Waals surface area (Å²) in [6.45, 7) is 4.46. The molecule has 1 aliphatic rings. The van der Waals surface area contributed by atoms with Crippen LogP contribution in [0.15, 0.2) is 48.8 Å². The first-order chi connectivity index (χ1) is 11.8. The second-order valence-electron chi connectivity index (χ2n) is 6.03. The second-order valence-corrected chi connectivity index (χ2v) is 7.15. The zero-order chi connectivity index (χ0) is 16.4. The monoisotopic (exact) mass is 339 g/mol. The minimum atomic E-state index is 0.108. The van der Waals surface area contributed by atoms with Crippen molar-refractivity contribution < 1.29 is 9.69 Å². The molecule has 1 aromatic carbocycles. The van der Waals surface area contributed by atoms with Crippen molar-refractivity contribution in [2.45, 2.75) is 6.54 Å². The van der Waals surface area contributed by atoms with E-state index in [9.17, 15) is 4.79 Å². The SMILES string of the molecule is O=C(c1ccncc1)N1CC[NH+](Cc2nc3ccccc3s2)CC1. The number of carbonyl (C=O) groups is 1. The highest BCUT2D eigenvalue weighted by Crippen LogP contribution is 2.20. The van der Waals surface area contributed by atoms with Gasteiger partial charge in [-0.05, 0) is 24.3 Å². The lowest BCUT2D eigenvalue weighted by molar-refractivity contribution is -0.917. The first-order valence-corrected chi connectivity index (χ1v) is 8.98. The number of carbonyl (C=O) groups excluding carboxylic acids is 1. The third-order valence-electron chi connectivity index (χ3n) is 4.42. The summed E-state index contributed by atoms with van der Waals surface area (Å²) in [5.74, 6) is 0.108. The minimum absolute atomic E-state index is 0.108. The molecule has 0 saturated carbocycles. The summed E-state index contributed by atoms with van der Waals surface area (Å²) in [5, 5.41) is 1.18. The van der Waals surface area contributed by atoms with E-state index in [4.69, 9.17) is 4.98 Å². The fraction of sp³-hybridized carbons (Fsp3) is 0.278. The Labute approximate surface area is 144 Å². The molecule has 0 aliphatic carbocycles. The van der Waals surface area contributed by atoms with Crippen LogP contribution in [0.25, 0.3) is 10.2 Å². The van der Waals surface area contributed by atoms with E-state index in [-0.39, 0.29) is 5.91 Å². The number of amides is 1. The van der Waals surface area contributed by atoms with E-state index in [0.29, 0.717) is 0 Å². The van der Waals surface area contributed by atoms with Crippen molar-refractivity contribution in [1.29, 1.82) is 0 Å². The van der Waals surface area contributed by atoms with E-state index in [1.807, 2.05) is 11.0 Å². The predicted octanol–water partition coefficient (Wildman–Crippen LogP) is 1.23. The molecule has 1 N–H and O–H groups in total. The number of nitrogens with zero attached hydrogens (tertiary/aromatic N) is 3. The van der Waals surface area contributed by atoms with Gasteiger partial charge in [0.2, 0.25) is 0 Å². The van der Waals surface area contributed by atoms with Gasteiger partial charge in [-0.25, -0.2) is 4.98 Å². The van der Waals surface area contributed by atoms with Crippen LogP contribution >= 0.6 is 11.3 Å². The van der Waals surface area contributed by atoms with Gasteiger partial charge in [0.25, 0.3) is 5.91 Å². The second kappa shape index (κ2) is 6.67. The summed E-state index contributed by atoms with van der Waals surface area (Å²) >= 11 is 1.78. The van der Waals surface area contributed by atoms with Gasteiger partial charge < -0.3 is 9.80 Å². The average molecular weight is 339 g/mol. The van der Waals surface area contributed by atoms with E-state index < -0.39 is 0 Å². The number of aromatic nitrogens is 2. The van der Waals surface area contributed by atoms with Gasteiger partial charge in [0, 0.05) is 18.0 Å². The predicted molar refractivity (Wildman–Crippen MR) is 94.2 cm³/mol. The number of pyridine rings is 1. The number of fused-ring (bicyclic) bond motifs is 1. The molecular formula is C18H19N4OS+. The Morgan fingerprint density at radius 3 is 2.62 bits per heavy atom. The van der Waals surface area contributed by atoms with Crippen LogP contribution in [0.2, 0.25) is 0 Å². The number of rotatable bonds is 3. The molecule has 24 heavy (non-hydrogen) atoms. The van der Waals surface area contributed by atoms with Crippen molar-refractivity contribution in [2.24, 2.45) is 0 Å². The first-order valence-electron chi connectivity index (χ1n) is 8.17. The van der Waals surface area contributed by atoms with Gasteiger partial charge in [-0.3, -0.25) is 9.78 Å². The highest BCUT2D eigenvalue weighted by atomic mass is 32.1. The molecule has 1 fully saturated rings. The Balaban J connectivity index is 1.37. The number of piperazine rings is 1. The molecule has 0 bridgehead atoms. The van der Waals surface area contributed by atoms with E-state index in [0.717, 1.165) is 43.8 Å². The molecule has 0 atom stereocenters. The molecular weight excluding hydrogens is 320 g/mol. The molecule has 3 heterocycles. The number of quaternary nitrogens is 1. The smallest absolute Gasteiger partial charge is 0.254 e. The van der Waals surface area contributed by atoms with Crippen LogP contribution in [0.5, 0.6) is 0 Å². The van der Waals surface area contributed by atoms with Crippen molar-refractivity contribution in [3.63, 3.8) is 0 Å². The fourth-order valence-corrected chi connectivity index (χ4v) is 4.13. The Morgan fingerprint density at radius 2 is 1.88 bits per heavy atom. The quantitative estimate of drug-likeness (QED) is 0.781. The van der Waals surface area contributed by atoms with Gasteiger partial charge in [0.15, 0.2) is 0 Å². The number of thiazole rings is 1. The summed E-state index contributed by atoms with van der Waals surface area (Å²) in [5.41, 5.74) is 1.81. The lowest BCUT2D eigenvalue weighted by Gasteiger charge is -2.31. The summed E-state index contributed by atoms with van der Waals surface area (Å²) in [6.07, 6.45) is 3.34. The summed E-state index contributed by atoms with van der Waals surface area (Å²) in [6, 6.07) is 11.8. The first kappa shape index (κ1) is 15.2. The third-order valence-corrected chi connectivity index (χ3v) is 5.46. The summed E-state index contributed by atoms with van der Waals surface area (Å²) in [7, 11) is 0. The third kappa shape index (κ3) is 3.16. The number of para-hydroxylation sites is 1. The van der Waals surface area contributed by atoms with Gasteiger partial charge in [-0.2, -0.15) is 0 Å². The van der Waals surface area contributed by atoms with Crippen LogP contribution in [0.4, 0.5) is 0 Å². The summed E-state index contributed by atoms with van der Waals surface area (Å²) < 4.78 is 1.25. The summed E-state index contributed by atoms with van der Waals surface area (Å²) in [4.78, 5) is 24.6. The van der Waals surface area contributed by atoms with Crippen LogP contribution < -0.4 is 4.90 Å². The van der Waals surface area contributed by atoms with E-state index in [1.54, 1.807) is 35.9 Å². The van der Waals surface area contributed by atoms with E-state index in [1.165, 1.54) is 14.6 Å². The highest BCUT2D eigenvalue weighted by molar-refractivity contribution is 7.18. The molecule has 0 unspecified atom stereocenters. The van der Waals surface area contributed by atoms with Crippen molar-refractivity contribution in [3.05, 3.63) is 59.4 Å². The maximum absolute atomic E-state index is 12.5. The minimum Gasteiger partial charge on any atom is -0.327 e. The van der Waals surface area contributed by atoms with Crippen molar-refractivity contribution in [2.75, 3.05) is 26.2 Å². The largest absolute Gasteiger partial charge is 0.327 e. The molecule has 1 saturated heterocycles. The normalized spacial score (nSPS) is 15.8. The van der Waals surface area contributed by atoms with Gasteiger partial charge in [0.1, 0.15) is 11.6 Å². The van der Waals surface area contributed by atoms with Crippen LogP contribution in [-0.2, 0) is 6.54 Å². The number of hydrogen-bond acceptors (Lipinski definition) is 4.